The summed E-state index contributed by atoms with van der Waals surface area (Å²) in [6, 6.07) is 0. The van der Waals surface area contributed by atoms with E-state index in [0.717, 1.165) is 25.7 Å². The summed E-state index contributed by atoms with van der Waals surface area (Å²) >= 11 is 0. The van der Waals surface area contributed by atoms with E-state index in [1.165, 1.54) is 31.8 Å². The zero-order valence-electron chi connectivity index (χ0n) is 23.3. The van der Waals surface area contributed by atoms with Gasteiger partial charge in [0.15, 0.2) is 0 Å². The number of ether oxygens (including phenoxy) is 4. The lowest BCUT2D eigenvalue weighted by atomic mass is 9.59. The molecular weight excluding hydrogens is 456 g/mol. The fourth-order valence-electron chi connectivity index (χ4n) is 7.55. The van der Waals surface area contributed by atoms with Crippen molar-refractivity contribution in [3.63, 3.8) is 0 Å². The van der Waals surface area contributed by atoms with Gasteiger partial charge in [-0.1, -0.05) is 58.1 Å². The lowest BCUT2D eigenvalue weighted by molar-refractivity contribution is -0.200. The molecule has 3 fully saturated rings. The first kappa shape index (κ1) is 27.6. The summed E-state index contributed by atoms with van der Waals surface area (Å²) in [5.74, 6) is 1.02. The molecule has 3 aliphatic heterocycles. The van der Waals surface area contributed by atoms with Gasteiger partial charge in [0, 0.05) is 31.6 Å². The highest BCUT2D eigenvalue weighted by Crippen LogP contribution is 2.57. The van der Waals surface area contributed by atoms with E-state index in [9.17, 15) is 9.59 Å². The minimum absolute atomic E-state index is 0.0341. The Morgan fingerprint density at radius 2 is 1.83 bits per heavy atom. The van der Waals surface area contributed by atoms with Crippen LogP contribution in [0.25, 0.3) is 0 Å². The van der Waals surface area contributed by atoms with Crippen LogP contribution in [0.4, 0.5) is 0 Å². The maximum atomic E-state index is 13.0. The van der Waals surface area contributed by atoms with Crippen molar-refractivity contribution >= 4 is 11.9 Å². The van der Waals surface area contributed by atoms with Gasteiger partial charge in [-0.15, -0.1) is 0 Å². The molecule has 0 spiro atoms. The molecule has 2 saturated heterocycles. The number of hydrogen-bond acceptors (Lipinski definition) is 6. The summed E-state index contributed by atoms with van der Waals surface area (Å²) in [6.45, 7) is 13.0. The van der Waals surface area contributed by atoms with Gasteiger partial charge < -0.3 is 18.9 Å². The lowest BCUT2D eigenvalue weighted by Crippen LogP contribution is -2.57. The van der Waals surface area contributed by atoms with Crippen molar-refractivity contribution in [1.82, 2.24) is 0 Å². The molecular formula is C30H48O6. The van der Waals surface area contributed by atoms with E-state index < -0.39 is 11.7 Å². The van der Waals surface area contributed by atoms with Gasteiger partial charge in [-0.05, 0) is 50.9 Å². The molecule has 6 nitrogen and oxygen atoms in total. The third-order valence-corrected chi connectivity index (χ3v) is 9.48. The number of unbranched alkanes of at least 4 members (excludes halogenated alkanes) is 4. The van der Waals surface area contributed by atoms with E-state index in [2.05, 4.69) is 40.7 Å². The summed E-state index contributed by atoms with van der Waals surface area (Å²) in [5, 5.41) is 0. The second kappa shape index (κ2) is 11.6. The Morgan fingerprint density at radius 3 is 2.56 bits per heavy atom. The second-order valence-corrected chi connectivity index (χ2v) is 12.3. The molecule has 4 rings (SSSR count). The van der Waals surface area contributed by atoms with E-state index >= 15 is 0 Å². The van der Waals surface area contributed by atoms with E-state index in [1.807, 2.05) is 0 Å². The van der Waals surface area contributed by atoms with Crippen LogP contribution >= 0.6 is 0 Å². The maximum Gasteiger partial charge on any atom is 0.306 e. The van der Waals surface area contributed by atoms with Gasteiger partial charge in [-0.2, -0.15) is 0 Å². The van der Waals surface area contributed by atoms with Crippen molar-refractivity contribution in [1.29, 1.82) is 0 Å². The predicted molar refractivity (Wildman–Crippen MR) is 138 cm³/mol. The third-order valence-electron chi connectivity index (χ3n) is 9.48. The molecule has 1 saturated carbocycles. The number of rotatable bonds is 8. The molecule has 0 aromatic heterocycles. The fourth-order valence-corrected chi connectivity index (χ4v) is 7.55. The number of carbonyl (C=O) groups is 2. The van der Waals surface area contributed by atoms with Gasteiger partial charge in [0.1, 0.15) is 17.8 Å². The Bertz CT molecular complexity index is 822. The van der Waals surface area contributed by atoms with Crippen LogP contribution in [0.5, 0.6) is 0 Å². The molecule has 10 atom stereocenters. The summed E-state index contributed by atoms with van der Waals surface area (Å²) in [7, 11) is 0. The highest BCUT2D eigenvalue weighted by Gasteiger charge is 2.65. The van der Waals surface area contributed by atoms with Crippen LogP contribution < -0.4 is 0 Å². The van der Waals surface area contributed by atoms with Gasteiger partial charge in [0.2, 0.25) is 0 Å². The number of carbonyl (C=O) groups excluding carboxylic acids is 2. The van der Waals surface area contributed by atoms with E-state index in [0.29, 0.717) is 31.3 Å². The van der Waals surface area contributed by atoms with Gasteiger partial charge in [0.05, 0.1) is 18.8 Å². The topological polar surface area (TPSA) is 71.1 Å². The molecule has 2 bridgehead atoms. The highest BCUT2D eigenvalue weighted by atomic mass is 16.6. The van der Waals surface area contributed by atoms with Crippen LogP contribution in [0.2, 0.25) is 0 Å². The smallest absolute Gasteiger partial charge is 0.306 e. The normalized spacial score (nSPS) is 43.3. The van der Waals surface area contributed by atoms with Crippen molar-refractivity contribution in [2.24, 2.45) is 29.6 Å². The molecule has 3 heterocycles. The molecule has 0 aromatic carbocycles. The average molecular weight is 505 g/mol. The van der Waals surface area contributed by atoms with E-state index in [-0.39, 0.29) is 48.0 Å². The SMILES string of the molecule is CCCCCCCC(=O)O[C@H]1[C@H]2C3C/C(C)=C\C[C@@H](OC(C)=O)[C@]4(C)OC[C@H](C)C(C[C@H]1C)[C@@H]2C4O3. The average Bonchev–Trinajstić information content (AvgIpc) is 3.17. The van der Waals surface area contributed by atoms with Crippen molar-refractivity contribution in [3.8, 4) is 0 Å². The number of fused-ring (bicyclic) bond motifs is 2. The standard InChI is InChI=1S/C30H48O6/c1-7-8-9-10-11-12-25(32)36-28-19(3)16-22-20(4)17-33-30(6)24(34-21(5)31)14-13-18(2)15-23-27(28)26(22)29(30)35-23/h13,19-20,22-24,26-29H,7-12,14-17H2,1-6H3/b18-13-/t19-,20+,22?,23?,24-,26+,27+,28-,29?,30+/m1/s1. The quantitative estimate of drug-likeness (QED) is 0.229. The molecule has 36 heavy (non-hydrogen) atoms. The Kier molecular flexibility index (Phi) is 8.87. The Labute approximate surface area is 217 Å². The van der Waals surface area contributed by atoms with E-state index in [1.54, 1.807) is 0 Å². The lowest BCUT2D eigenvalue weighted by Gasteiger charge is -2.47. The van der Waals surface area contributed by atoms with Crippen LogP contribution in [-0.4, -0.2) is 48.6 Å². The zero-order chi connectivity index (χ0) is 26.0. The summed E-state index contributed by atoms with van der Waals surface area (Å²) < 4.78 is 25.8. The van der Waals surface area contributed by atoms with Crippen LogP contribution in [0.3, 0.4) is 0 Å². The molecule has 204 valence electrons. The zero-order valence-corrected chi connectivity index (χ0v) is 23.3. The number of hydrogen-bond donors (Lipinski definition) is 0. The first-order valence-electron chi connectivity index (χ1n) is 14.5. The minimum Gasteiger partial charge on any atom is -0.462 e. The summed E-state index contributed by atoms with van der Waals surface area (Å²) in [4.78, 5) is 25.1. The second-order valence-electron chi connectivity index (χ2n) is 12.3. The first-order valence-corrected chi connectivity index (χ1v) is 14.5. The Morgan fingerprint density at radius 1 is 1.08 bits per heavy atom. The molecule has 4 aliphatic rings. The van der Waals surface area contributed by atoms with Crippen LogP contribution in [0.1, 0.15) is 99.3 Å². The molecule has 0 radical (unpaired) electrons. The van der Waals surface area contributed by atoms with Gasteiger partial charge in [-0.3, -0.25) is 9.59 Å². The van der Waals surface area contributed by atoms with Crippen LogP contribution in [0, 0.1) is 29.6 Å². The van der Waals surface area contributed by atoms with Crippen molar-refractivity contribution in [2.45, 2.75) is 129 Å². The molecule has 0 aromatic rings. The van der Waals surface area contributed by atoms with Gasteiger partial charge >= 0.3 is 11.9 Å². The van der Waals surface area contributed by atoms with Crippen LogP contribution in [-0.2, 0) is 28.5 Å². The van der Waals surface area contributed by atoms with E-state index in [4.69, 9.17) is 18.9 Å². The fraction of sp³-hybridized carbons (Fsp3) is 0.867. The predicted octanol–water partition coefficient (Wildman–Crippen LogP) is 6.01. The molecule has 0 amide bonds. The first-order chi connectivity index (χ1) is 17.2. The van der Waals surface area contributed by atoms with Gasteiger partial charge in [-0.25, -0.2) is 0 Å². The molecule has 6 heteroatoms. The highest BCUT2D eigenvalue weighted by molar-refractivity contribution is 5.69. The third kappa shape index (κ3) is 5.55. The monoisotopic (exact) mass is 504 g/mol. The largest absolute Gasteiger partial charge is 0.462 e. The molecule has 0 N–H and O–H groups in total. The van der Waals surface area contributed by atoms with Crippen molar-refractivity contribution in [3.05, 3.63) is 11.6 Å². The summed E-state index contributed by atoms with van der Waals surface area (Å²) in [6.07, 6.45) is 9.87. The minimum atomic E-state index is -0.748. The van der Waals surface area contributed by atoms with Crippen molar-refractivity contribution in [2.75, 3.05) is 6.61 Å². The summed E-state index contributed by atoms with van der Waals surface area (Å²) in [5.41, 5.74) is 0.478. The Hall–Kier alpha value is -1.40. The van der Waals surface area contributed by atoms with Crippen LogP contribution in [0.15, 0.2) is 11.6 Å². The number of esters is 2. The molecule has 3 unspecified atom stereocenters. The van der Waals surface area contributed by atoms with Crippen molar-refractivity contribution < 1.29 is 28.5 Å². The maximum absolute atomic E-state index is 13.0. The Balaban J connectivity index is 1.63. The molecule has 1 aliphatic carbocycles. The van der Waals surface area contributed by atoms with Gasteiger partial charge in [0.25, 0.3) is 0 Å².